The third-order valence-corrected chi connectivity index (χ3v) is 3.02. The zero-order valence-electron chi connectivity index (χ0n) is 11.0. The van der Waals surface area contributed by atoms with E-state index in [0.29, 0.717) is 6.04 Å². The molecule has 0 unspecified atom stereocenters. The van der Waals surface area contributed by atoms with Gasteiger partial charge in [0, 0.05) is 24.0 Å². The molecule has 0 amide bonds. The number of nitrogens with two attached hydrogens (primary N) is 1. The molecular weight excluding hydrogens is 220 g/mol. The van der Waals surface area contributed by atoms with Gasteiger partial charge in [-0.2, -0.15) is 0 Å². The quantitative estimate of drug-likeness (QED) is 0.826. The van der Waals surface area contributed by atoms with E-state index in [2.05, 4.69) is 49.1 Å². The first-order valence-corrected chi connectivity index (χ1v) is 6.33. The molecule has 0 saturated heterocycles. The van der Waals surface area contributed by atoms with Crippen molar-refractivity contribution in [2.24, 2.45) is 0 Å². The van der Waals surface area contributed by atoms with Crippen molar-refractivity contribution in [2.75, 3.05) is 10.6 Å². The lowest BCUT2D eigenvalue weighted by molar-refractivity contribution is 0.683. The number of hydrogen-bond acceptors (Lipinski definition) is 2. The predicted octanol–water partition coefficient (Wildman–Crippen LogP) is 3.68. The Morgan fingerprint density at radius 3 is 2.33 bits per heavy atom. The van der Waals surface area contributed by atoms with E-state index in [1.807, 2.05) is 24.3 Å². The number of rotatable bonds is 4. The average molecular weight is 240 g/mol. The minimum absolute atomic E-state index is 0.437. The number of hydrogen-bond donors (Lipinski definition) is 1. The summed E-state index contributed by atoms with van der Waals surface area (Å²) in [5.41, 5.74) is 9.16. The molecule has 0 aromatic heterocycles. The van der Waals surface area contributed by atoms with Crippen LogP contribution >= 0.6 is 0 Å². The van der Waals surface area contributed by atoms with Crippen molar-refractivity contribution in [2.45, 2.75) is 26.4 Å². The lowest BCUT2D eigenvalue weighted by atomic mass is 10.1. The SMILES string of the molecule is CC(C)N(Cc1ccccc1)c1cccc(N)c1. The summed E-state index contributed by atoms with van der Waals surface area (Å²) in [4.78, 5) is 2.35. The fourth-order valence-corrected chi connectivity index (χ4v) is 2.06. The van der Waals surface area contributed by atoms with E-state index in [9.17, 15) is 0 Å². The van der Waals surface area contributed by atoms with Gasteiger partial charge in [0.1, 0.15) is 0 Å². The second-order valence-corrected chi connectivity index (χ2v) is 4.80. The van der Waals surface area contributed by atoms with E-state index in [4.69, 9.17) is 5.73 Å². The average Bonchev–Trinajstić information content (AvgIpc) is 2.37. The van der Waals surface area contributed by atoms with Gasteiger partial charge in [-0.15, -0.1) is 0 Å². The van der Waals surface area contributed by atoms with Gasteiger partial charge < -0.3 is 10.6 Å². The molecule has 2 heteroatoms. The summed E-state index contributed by atoms with van der Waals surface area (Å²) in [6.07, 6.45) is 0. The molecule has 0 aliphatic rings. The van der Waals surface area contributed by atoms with Crippen LogP contribution in [0.5, 0.6) is 0 Å². The summed E-state index contributed by atoms with van der Waals surface area (Å²) in [5, 5.41) is 0. The Labute approximate surface area is 109 Å². The molecule has 0 heterocycles. The van der Waals surface area contributed by atoms with E-state index >= 15 is 0 Å². The maximum atomic E-state index is 5.86. The second-order valence-electron chi connectivity index (χ2n) is 4.80. The highest BCUT2D eigenvalue weighted by molar-refractivity contribution is 5.56. The molecule has 0 bridgehead atoms. The maximum Gasteiger partial charge on any atom is 0.0432 e. The first-order valence-electron chi connectivity index (χ1n) is 6.33. The molecule has 0 aliphatic carbocycles. The summed E-state index contributed by atoms with van der Waals surface area (Å²) in [7, 11) is 0. The summed E-state index contributed by atoms with van der Waals surface area (Å²) in [6, 6.07) is 19.0. The third-order valence-electron chi connectivity index (χ3n) is 3.02. The number of anilines is 2. The number of nitrogens with zero attached hydrogens (tertiary/aromatic N) is 1. The van der Waals surface area contributed by atoms with Crippen molar-refractivity contribution in [3.63, 3.8) is 0 Å². The Morgan fingerprint density at radius 1 is 1.00 bits per heavy atom. The highest BCUT2D eigenvalue weighted by Gasteiger charge is 2.11. The van der Waals surface area contributed by atoms with Gasteiger partial charge in [-0.25, -0.2) is 0 Å². The number of benzene rings is 2. The van der Waals surface area contributed by atoms with Crippen LogP contribution in [0.15, 0.2) is 54.6 Å². The Balaban J connectivity index is 2.24. The van der Waals surface area contributed by atoms with Crippen LogP contribution in [0.3, 0.4) is 0 Å². The van der Waals surface area contributed by atoms with Crippen LogP contribution in [0.1, 0.15) is 19.4 Å². The first-order chi connectivity index (χ1) is 8.66. The Morgan fingerprint density at radius 2 is 1.72 bits per heavy atom. The topological polar surface area (TPSA) is 29.3 Å². The van der Waals surface area contributed by atoms with Crippen LogP contribution in [0.25, 0.3) is 0 Å². The maximum absolute atomic E-state index is 5.86. The van der Waals surface area contributed by atoms with Crippen LogP contribution in [-0.4, -0.2) is 6.04 Å². The van der Waals surface area contributed by atoms with Gasteiger partial charge in [-0.3, -0.25) is 0 Å². The summed E-state index contributed by atoms with van der Waals surface area (Å²) >= 11 is 0. The van der Waals surface area contributed by atoms with Crippen molar-refractivity contribution in [3.8, 4) is 0 Å². The van der Waals surface area contributed by atoms with E-state index in [0.717, 1.165) is 12.2 Å². The lowest BCUT2D eigenvalue weighted by Gasteiger charge is -2.29. The Hall–Kier alpha value is -1.96. The summed E-state index contributed by atoms with van der Waals surface area (Å²) < 4.78 is 0. The normalized spacial score (nSPS) is 10.6. The van der Waals surface area contributed by atoms with Crippen molar-refractivity contribution in [3.05, 3.63) is 60.2 Å². The van der Waals surface area contributed by atoms with E-state index in [1.54, 1.807) is 0 Å². The van der Waals surface area contributed by atoms with Crippen molar-refractivity contribution < 1.29 is 0 Å². The predicted molar refractivity (Wildman–Crippen MR) is 78.6 cm³/mol. The van der Waals surface area contributed by atoms with Gasteiger partial charge in [0.2, 0.25) is 0 Å². The molecule has 18 heavy (non-hydrogen) atoms. The van der Waals surface area contributed by atoms with E-state index in [1.165, 1.54) is 11.3 Å². The van der Waals surface area contributed by atoms with Gasteiger partial charge in [0.05, 0.1) is 0 Å². The first kappa shape index (κ1) is 12.5. The van der Waals surface area contributed by atoms with Crippen LogP contribution in [0, 0.1) is 0 Å². The van der Waals surface area contributed by atoms with Gasteiger partial charge in [-0.05, 0) is 37.6 Å². The minimum atomic E-state index is 0.437. The van der Waals surface area contributed by atoms with Gasteiger partial charge >= 0.3 is 0 Å². The zero-order valence-corrected chi connectivity index (χ0v) is 11.0. The standard InChI is InChI=1S/C16H20N2/c1-13(2)18(12-14-7-4-3-5-8-14)16-10-6-9-15(17)11-16/h3-11,13H,12,17H2,1-2H3. The molecule has 2 nitrogen and oxygen atoms in total. The van der Waals surface area contributed by atoms with Crippen molar-refractivity contribution in [1.29, 1.82) is 0 Å². The summed E-state index contributed by atoms with van der Waals surface area (Å²) in [6.45, 7) is 5.31. The van der Waals surface area contributed by atoms with Crippen molar-refractivity contribution >= 4 is 11.4 Å². The fraction of sp³-hybridized carbons (Fsp3) is 0.250. The van der Waals surface area contributed by atoms with Gasteiger partial charge in [-0.1, -0.05) is 36.4 Å². The Kier molecular flexibility index (Phi) is 3.88. The Bertz CT molecular complexity index is 491. The molecule has 2 aromatic carbocycles. The molecule has 0 saturated carbocycles. The molecular formula is C16H20N2. The molecule has 0 atom stereocenters. The molecule has 0 radical (unpaired) electrons. The van der Waals surface area contributed by atoms with Crippen LogP contribution in [0.2, 0.25) is 0 Å². The van der Waals surface area contributed by atoms with Crippen molar-refractivity contribution in [1.82, 2.24) is 0 Å². The lowest BCUT2D eigenvalue weighted by Crippen LogP contribution is -2.30. The molecule has 0 aliphatic heterocycles. The molecule has 2 N–H and O–H groups in total. The molecule has 0 fully saturated rings. The highest BCUT2D eigenvalue weighted by Crippen LogP contribution is 2.22. The zero-order chi connectivity index (χ0) is 13.0. The molecule has 94 valence electrons. The van der Waals surface area contributed by atoms with Gasteiger partial charge in [0.25, 0.3) is 0 Å². The van der Waals surface area contributed by atoms with E-state index in [-0.39, 0.29) is 0 Å². The second kappa shape index (κ2) is 5.58. The van der Waals surface area contributed by atoms with Crippen LogP contribution in [-0.2, 0) is 6.54 Å². The van der Waals surface area contributed by atoms with Crippen LogP contribution in [0.4, 0.5) is 11.4 Å². The van der Waals surface area contributed by atoms with Gasteiger partial charge in [0.15, 0.2) is 0 Å². The largest absolute Gasteiger partial charge is 0.399 e. The fourth-order valence-electron chi connectivity index (χ4n) is 2.06. The highest BCUT2D eigenvalue weighted by atomic mass is 15.1. The van der Waals surface area contributed by atoms with Crippen LogP contribution < -0.4 is 10.6 Å². The molecule has 2 aromatic rings. The molecule has 0 spiro atoms. The minimum Gasteiger partial charge on any atom is -0.399 e. The third kappa shape index (κ3) is 3.04. The number of nitrogen functional groups attached to an aromatic ring is 1. The van der Waals surface area contributed by atoms with E-state index < -0.39 is 0 Å². The molecule has 2 rings (SSSR count). The summed E-state index contributed by atoms with van der Waals surface area (Å²) in [5.74, 6) is 0. The monoisotopic (exact) mass is 240 g/mol. The smallest absolute Gasteiger partial charge is 0.0432 e.